The predicted octanol–water partition coefficient (Wildman–Crippen LogP) is 4.89. The summed E-state index contributed by atoms with van der Waals surface area (Å²) in [5, 5.41) is 16.6. The molecule has 0 radical (unpaired) electrons. The van der Waals surface area contributed by atoms with Gasteiger partial charge in [0.25, 0.3) is 11.8 Å². The Hall–Kier alpha value is -2.90. The van der Waals surface area contributed by atoms with Gasteiger partial charge in [-0.1, -0.05) is 60.5 Å². The number of likely N-dealkylation sites (N-methyl/N-ethyl adjacent to an activating group) is 1. The van der Waals surface area contributed by atoms with Gasteiger partial charge in [0.1, 0.15) is 0 Å². The summed E-state index contributed by atoms with van der Waals surface area (Å²) in [6, 6.07) is 19.9. The first kappa shape index (κ1) is 26.2. The van der Waals surface area contributed by atoms with Crippen molar-refractivity contribution < 1.29 is 14.7 Å². The molecule has 6 nitrogen and oxygen atoms in total. The van der Waals surface area contributed by atoms with Crippen molar-refractivity contribution >= 4 is 40.7 Å². The molecular formula is C28H29Cl2N3O3. The van der Waals surface area contributed by atoms with Gasteiger partial charge in [-0.15, -0.1) is 0 Å². The van der Waals surface area contributed by atoms with E-state index in [0.29, 0.717) is 34.3 Å². The van der Waals surface area contributed by atoms with Crippen LogP contribution in [-0.4, -0.2) is 35.6 Å². The maximum atomic E-state index is 14.2. The number of carbonyl (C=O) groups excluding carboxylic acids is 2. The van der Waals surface area contributed by atoms with Crippen molar-refractivity contribution in [3.63, 3.8) is 0 Å². The molecule has 1 heterocycles. The highest BCUT2D eigenvalue weighted by Crippen LogP contribution is 2.47. The minimum atomic E-state index is -1.18. The molecule has 0 spiro atoms. The van der Waals surface area contributed by atoms with Crippen molar-refractivity contribution in [1.82, 2.24) is 10.6 Å². The Kier molecular flexibility index (Phi) is 7.43. The number of anilines is 1. The molecule has 0 bridgehead atoms. The second-order valence-corrected chi connectivity index (χ2v) is 10.3. The van der Waals surface area contributed by atoms with E-state index in [1.807, 2.05) is 49.4 Å². The quantitative estimate of drug-likeness (QED) is 0.390. The van der Waals surface area contributed by atoms with Crippen LogP contribution < -0.4 is 15.5 Å². The number of hydrogen-bond donors (Lipinski definition) is 3. The second kappa shape index (κ2) is 10.2. The van der Waals surface area contributed by atoms with Crippen molar-refractivity contribution in [2.24, 2.45) is 0 Å². The SMILES string of the molecule is CCNC1(c2ccccc2Cl)C(=O)N(Cc2ccc(C(=O)NC(C)(C)CO)cc2)c2ccc(Cl)cc21. The minimum Gasteiger partial charge on any atom is -0.394 e. The lowest BCUT2D eigenvalue weighted by Gasteiger charge is -2.31. The molecule has 36 heavy (non-hydrogen) atoms. The maximum absolute atomic E-state index is 14.2. The van der Waals surface area contributed by atoms with E-state index in [9.17, 15) is 14.7 Å². The van der Waals surface area contributed by atoms with Gasteiger partial charge in [-0.25, -0.2) is 0 Å². The number of carbonyl (C=O) groups is 2. The summed E-state index contributed by atoms with van der Waals surface area (Å²) in [7, 11) is 0. The summed E-state index contributed by atoms with van der Waals surface area (Å²) in [6.07, 6.45) is 0. The molecular weight excluding hydrogens is 497 g/mol. The van der Waals surface area contributed by atoms with Crippen LogP contribution in [0.1, 0.15) is 47.8 Å². The van der Waals surface area contributed by atoms with Crippen LogP contribution in [0.3, 0.4) is 0 Å². The van der Waals surface area contributed by atoms with Crippen LogP contribution in [0.5, 0.6) is 0 Å². The van der Waals surface area contributed by atoms with Crippen LogP contribution in [0.25, 0.3) is 0 Å². The van der Waals surface area contributed by atoms with Gasteiger partial charge in [0.05, 0.1) is 24.4 Å². The Morgan fingerprint density at radius 2 is 1.72 bits per heavy atom. The normalized spacial score (nSPS) is 17.3. The molecule has 0 aromatic heterocycles. The molecule has 0 aliphatic carbocycles. The number of nitrogens with one attached hydrogen (secondary N) is 2. The molecule has 188 valence electrons. The molecule has 0 saturated carbocycles. The number of rotatable bonds is 8. The number of halogens is 2. The first-order valence-corrected chi connectivity index (χ1v) is 12.5. The van der Waals surface area contributed by atoms with Gasteiger partial charge in [-0.05, 0) is 62.4 Å². The van der Waals surface area contributed by atoms with Crippen LogP contribution >= 0.6 is 23.2 Å². The summed E-state index contributed by atoms with van der Waals surface area (Å²) in [4.78, 5) is 28.5. The maximum Gasteiger partial charge on any atom is 0.257 e. The van der Waals surface area contributed by atoms with Crippen molar-refractivity contribution in [2.75, 3.05) is 18.1 Å². The third kappa shape index (κ3) is 4.74. The molecule has 3 N–H and O–H groups in total. The highest BCUT2D eigenvalue weighted by Gasteiger charge is 2.52. The Balaban J connectivity index is 1.71. The van der Waals surface area contributed by atoms with E-state index in [0.717, 1.165) is 16.8 Å². The summed E-state index contributed by atoms with van der Waals surface area (Å²) in [5.74, 6) is -0.427. The molecule has 1 aliphatic rings. The van der Waals surface area contributed by atoms with Crippen molar-refractivity contribution in [2.45, 2.75) is 38.4 Å². The van der Waals surface area contributed by atoms with Crippen molar-refractivity contribution in [3.8, 4) is 0 Å². The monoisotopic (exact) mass is 525 g/mol. The lowest BCUT2D eigenvalue weighted by Crippen LogP contribution is -2.51. The Morgan fingerprint density at radius 3 is 2.36 bits per heavy atom. The molecule has 8 heteroatoms. The first-order valence-electron chi connectivity index (χ1n) is 11.8. The molecule has 0 saturated heterocycles. The zero-order valence-electron chi connectivity index (χ0n) is 20.4. The van der Waals surface area contributed by atoms with Crippen LogP contribution in [0.2, 0.25) is 10.0 Å². The van der Waals surface area contributed by atoms with Gasteiger partial charge in [0.2, 0.25) is 0 Å². The van der Waals surface area contributed by atoms with Gasteiger partial charge in [-0.3, -0.25) is 14.9 Å². The Morgan fingerprint density at radius 1 is 1.03 bits per heavy atom. The van der Waals surface area contributed by atoms with Gasteiger partial charge in [0.15, 0.2) is 5.54 Å². The van der Waals surface area contributed by atoms with Crippen LogP contribution in [-0.2, 0) is 16.9 Å². The topological polar surface area (TPSA) is 81.7 Å². The lowest BCUT2D eigenvalue weighted by molar-refractivity contribution is -0.123. The Bertz CT molecular complexity index is 1290. The zero-order valence-corrected chi connectivity index (χ0v) is 22.0. The number of aliphatic hydroxyl groups is 1. The predicted molar refractivity (Wildman–Crippen MR) is 144 cm³/mol. The van der Waals surface area contributed by atoms with E-state index < -0.39 is 11.1 Å². The standard InChI is InChI=1S/C28H29Cl2N3O3/c1-4-31-28(21-7-5-6-8-23(21)30)22-15-20(29)13-14-24(22)33(26(28)36)16-18-9-11-19(12-10-18)25(35)32-27(2,3)17-34/h5-15,31,34H,4,16-17H2,1-3H3,(H,32,35). The second-order valence-electron chi connectivity index (χ2n) is 9.51. The molecule has 4 rings (SSSR count). The first-order chi connectivity index (χ1) is 17.1. The molecule has 3 aromatic carbocycles. The number of amides is 2. The number of aliphatic hydroxyl groups excluding tert-OH is 1. The average molecular weight is 526 g/mol. The fourth-order valence-corrected chi connectivity index (χ4v) is 5.00. The van der Waals surface area contributed by atoms with E-state index >= 15 is 0 Å². The van der Waals surface area contributed by atoms with Gasteiger partial charge < -0.3 is 15.3 Å². The third-order valence-corrected chi connectivity index (χ3v) is 6.91. The zero-order chi connectivity index (χ0) is 26.1. The summed E-state index contributed by atoms with van der Waals surface area (Å²) < 4.78 is 0. The highest BCUT2D eigenvalue weighted by atomic mass is 35.5. The molecule has 3 aromatic rings. The summed E-state index contributed by atoms with van der Waals surface area (Å²) in [6.45, 7) is 6.10. The van der Waals surface area contributed by atoms with Gasteiger partial charge >= 0.3 is 0 Å². The highest BCUT2D eigenvalue weighted by molar-refractivity contribution is 6.32. The van der Waals surface area contributed by atoms with Crippen molar-refractivity contribution in [3.05, 3.63) is 99.0 Å². The summed E-state index contributed by atoms with van der Waals surface area (Å²) in [5.41, 5.74) is 1.59. The van der Waals surface area contributed by atoms with Crippen LogP contribution in [0.15, 0.2) is 66.7 Å². The molecule has 1 aliphatic heterocycles. The minimum absolute atomic E-state index is 0.152. The van der Waals surface area contributed by atoms with Crippen LogP contribution in [0, 0.1) is 0 Å². The third-order valence-electron chi connectivity index (χ3n) is 6.34. The average Bonchev–Trinajstić information content (AvgIpc) is 3.07. The van der Waals surface area contributed by atoms with E-state index in [1.54, 1.807) is 43.0 Å². The summed E-state index contributed by atoms with van der Waals surface area (Å²) >= 11 is 13.0. The lowest BCUT2D eigenvalue weighted by atomic mass is 9.83. The van der Waals surface area contributed by atoms with Gasteiger partial charge in [0, 0.05) is 26.7 Å². The van der Waals surface area contributed by atoms with E-state index in [4.69, 9.17) is 23.2 Å². The molecule has 1 atom stereocenters. The number of nitrogens with zero attached hydrogens (tertiary/aromatic N) is 1. The van der Waals surface area contributed by atoms with Crippen LogP contribution in [0.4, 0.5) is 5.69 Å². The van der Waals surface area contributed by atoms with E-state index in [-0.39, 0.29) is 18.4 Å². The van der Waals surface area contributed by atoms with E-state index in [1.165, 1.54) is 0 Å². The Labute approximate surface area is 221 Å². The van der Waals surface area contributed by atoms with E-state index in [2.05, 4.69) is 10.6 Å². The molecule has 0 fully saturated rings. The smallest absolute Gasteiger partial charge is 0.257 e. The number of fused-ring (bicyclic) bond motifs is 1. The largest absolute Gasteiger partial charge is 0.394 e. The van der Waals surface area contributed by atoms with Crippen molar-refractivity contribution in [1.29, 1.82) is 0 Å². The molecule has 1 unspecified atom stereocenters. The molecule has 2 amide bonds. The fourth-order valence-electron chi connectivity index (χ4n) is 4.55. The number of benzene rings is 3. The number of hydrogen-bond acceptors (Lipinski definition) is 4. The fraction of sp³-hybridized carbons (Fsp3) is 0.286. The van der Waals surface area contributed by atoms with Gasteiger partial charge in [-0.2, -0.15) is 0 Å².